The van der Waals surface area contributed by atoms with E-state index >= 15 is 0 Å². The van der Waals surface area contributed by atoms with E-state index in [1.165, 1.54) is 0 Å². The Kier molecular flexibility index (Phi) is 5.47. The topological polar surface area (TPSA) is 75.6 Å². The molecule has 178 valence electrons. The molecule has 3 aromatic rings. The normalized spacial score (nSPS) is 18.9. The summed E-state index contributed by atoms with van der Waals surface area (Å²) in [5, 5.41) is 0. The number of ether oxygens (including phenoxy) is 1. The second kappa shape index (κ2) is 8.80. The fourth-order valence-electron chi connectivity index (χ4n) is 5.59. The highest BCUT2D eigenvalue weighted by Crippen LogP contribution is 2.41. The van der Waals surface area contributed by atoms with Crippen molar-refractivity contribution >= 4 is 17.7 Å². The first-order valence-electron chi connectivity index (χ1n) is 12.3. The van der Waals surface area contributed by atoms with Gasteiger partial charge in [-0.3, -0.25) is 9.59 Å². The number of anilines is 1. The van der Waals surface area contributed by atoms with Gasteiger partial charge >= 0.3 is 5.97 Å². The number of hydrogen-bond acceptors (Lipinski definition) is 6. The van der Waals surface area contributed by atoms with E-state index < -0.39 is 0 Å². The van der Waals surface area contributed by atoms with Gasteiger partial charge in [0, 0.05) is 37.2 Å². The van der Waals surface area contributed by atoms with Gasteiger partial charge in [0.25, 0.3) is 5.91 Å². The molecule has 7 heteroatoms. The number of cyclic esters (lactones) is 1. The summed E-state index contributed by atoms with van der Waals surface area (Å²) in [6.45, 7) is 3.18. The van der Waals surface area contributed by atoms with Crippen LogP contribution in [-0.4, -0.2) is 53.0 Å². The third-order valence-electron chi connectivity index (χ3n) is 7.77. The predicted octanol–water partition coefficient (Wildman–Crippen LogP) is 3.88. The molecule has 1 spiro atoms. The maximum absolute atomic E-state index is 13.4. The van der Waals surface area contributed by atoms with Crippen LogP contribution in [0.15, 0.2) is 60.9 Å². The Morgan fingerprint density at radius 2 is 1.63 bits per heavy atom. The number of fused-ring (bicyclic) bond motifs is 1. The third kappa shape index (κ3) is 3.95. The molecule has 0 unspecified atom stereocenters. The van der Waals surface area contributed by atoms with Crippen LogP contribution in [0.25, 0.3) is 11.1 Å². The Morgan fingerprint density at radius 1 is 0.886 bits per heavy atom. The number of esters is 1. The lowest BCUT2D eigenvalue weighted by atomic mass is 9.77. The van der Waals surface area contributed by atoms with E-state index in [1.54, 1.807) is 6.33 Å². The zero-order valence-electron chi connectivity index (χ0n) is 19.7. The molecule has 6 rings (SSSR count). The number of amides is 1. The fraction of sp³-hybridized carbons (Fsp3) is 0.357. The minimum Gasteiger partial charge on any atom is -0.465 e. The fourth-order valence-corrected chi connectivity index (χ4v) is 5.59. The van der Waals surface area contributed by atoms with Crippen molar-refractivity contribution in [2.24, 2.45) is 5.41 Å². The molecule has 0 saturated carbocycles. The minimum atomic E-state index is -0.322. The van der Waals surface area contributed by atoms with Crippen molar-refractivity contribution < 1.29 is 14.3 Å². The van der Waals surface area contributed by atoms with Crippen molar-refractivity contribution in [1.82, 2.24) is 14.9 Å². The van der Waals surface area contributed by atoms with Crippen LogP contribution in [0.4, 0.5) is 5.82 Å². The van der Waals surface area contributed by atoms with Crippen molar-refractivity contribution in [2.45, 2.75) is 32.2 Å². The first kappa shape index (κ1) is 21.8. The van der Waals surface area contributed by atoms with Crippen molar-refractivity contribution in [2.75, 3.05) is 31.1 Å². The van der Waals surface area contributed by atoms with Crippen LogP contribution in [-0.2, 0) is 22.5 Å². The maximum Gasteiger partial charge on any atom is 0.312 e. The van der Waals surface area contributed by atoms with Gasteiger partial charge in [0.05, 0.1) is 24.3 Å². The van der Waals surface area contributed by atoms with Gasteiger partial charge in [0.1, 0.15) is 12.1 Å². The molecule has 35 heavy (non-hydrogen) atoms. The zero-order chi connectivity index (χ0) is 23.8. The van der Waals surface area contributed by atoms with Gasteiger partial charge < -0.3 is 14.5 Å². The van der Waals surface area contributed by atoms with E-state index in [9.17, 15) is 9.59 Å². The van der Waals surface area contributed by atoms with Gasteiger partial charge in [-0.15, -0.1) is 0 Å². The van der Waals surface area contributed by atoms with Crippen LogP contribution in [0, 0.1) is 5.41 Å². The molecule has 1 amide bonds. The SMILES string of the molecule is O=C(c1ccc(-c2ccccc2)cc1)N1CCc2ncnc(N3CCC4(CCOC4=O)CC3)c2C1. The van der Waals surface area contributed by atoms with E-state index in [0.29, 0.717) is 31.7 Å². The molecule has 3 aliphatic heterocycles. The quantitative estimate of drug-likeness (QED) is 0.543. The van der Waals surface area contributed by atoms with Gasteiger partial charge in [-0.2, -0.15) is 0 Å². The van der Waals surface area contributed by atoms with E-state index in [2.05, 4.69) is 27.0 Å². The number of hydrogen-bond donors (Lipinski definition) is 0. The van der Waals surface area contributed by atoms with Crippen molar-refractivity contribution in [3.63, 3.8) is 0 Å². The second-order valence-corrected chi connectivity index (χ2v) is 9.70. The van der Waals surface area contributed by atoms with Crippen LogP contribution in [0.1, 0.15) is 40.9 Å². The minimum absolute atomic E-state index is 0.0244. The van der Waals surface area contributed by atoms with E-state index in [1.807, 2.05) is 47.4 Å². The van der Waals surface area contributed by atoms with Crippen LogP contribution in [0.5, 0.6) is 0 Å². The molecule has 4 heterocycles. The molecule has 0 radical (unpaired) electrons. The molecular weight excluding hydrogens is 440 g/mol. The molecule has 2 saturated heterocycles. The summed E-state index contributed by atoms with van der Waals surface area (Å²) in [5.41, 5.74) is 4.63. The van der Waals surface area contributed by atoms with Crippen LogP contribution in [0.3, 0.4) is 0 Å². The summed E-state index contributed by atoms with van der Waals surface area (Å²) < 4.78 is 5.27. The lowest BCUT2D eigenvalue weighted by Crippen LogP contribution is -2.44. The van der Waals surface area contributed by atoms with E-state index in [4.69, 9.17) is 4.74 Å². The summed E-state index contributed by atoms with van der Waals surface area (Å²) in [4.78, 5) is 38.9. The van der Waals surface area contributed by atoms with Crippen LogP contribution in [0.2, 0.25) is 0 Å². The highest BCUT2D eigenvalue weighted by molar-refractivity contribution is 5.95. The Hall–Kier alpha value is -3.74. The number of carbonyl (C=O) groups is 2. The highest BCUT2D eigenvalue weighted by atomic mass is 16.5. The molecule has 1 aromatic heterocycles. The van der Waals surface area contributed by atoms with Crippen LogP contribution >= 0.6 is 0 Å². The molecule has 0 bridgehead atoms. The number of rotatable bonds is 3. The zero-order valence-corrected chi connectivity index (χ0v) is 19.7. The van der Waals surface area contributed by atoms with Gasteiger partial charge in [0.2, 0.25) is 0 Å². The van der Waals surface area contributed by atoms with Crippen molar-refractivity contribution in [3.8, 4) is 11.1 Å². The predicted molar refractivity (Wildman–Crippen MR) is 132 cm³/mol. The average molecular weight is 469 g/mol. The molecule has 3 aliphatic rings. The largest absolute Gasteiger partial charge is 0.465 e. The first-order chi connectivity index (χ1) is 17.1. The van der Waals surface area contributed by atoms with Gasteiger partial charge in [-0.1, -0.05) is 42.5 Å². The van der Waals surface area contributed by atoms with Crippen molar-refractivity contribution in [1.29, 1.82) is 0 Å². The average Bonchev–Trinajstić information content (AvgIpc) is 3.27. The summed E-state index contributed by atoms with van der Waals surface area (Å²) in [7, 11) is 0. The monoisotopic (exact) mass is 468 g/mol. The molecule has 0 atom stereocenters. The molecule has 2 aromatic carbocycles. The van der Waals surface area contributed by atoms with Gasteiger partial charge in [-0.05, 0) is 42.5 Å². The number of carbonyl (C=O) groups excluding carboxylic acids is 2. The standard InChI is InChI=1S/C28H28N4O3/c33-26(22-8-6-21(7-9-22)20-4-2-1-3-5-20)32-14-10-24-23(18-32)25(30-19-29-24)31-15-11-28(12-16-31)13-17-35-27(28)34/h1-9,19H,10-18H2. The van der Waals surface area contributed by atoms with Gasteiger partial charge in [0.15, 0.2) is 0 Å². The summed E-state index contributed by atoms with van der Waals surface area (Å²) in [6, 6.07) is 18.0. The summed E-state index contributed by atoms with van der Waals surface area (Å²) >= 11 is 0. The first-order valence-corrected chi connectivity index (χ1v) is 12.3. The smallest absolute Gasteiger partial charge is 0.312 e. The molecule has 7 nitrogen and oxygen atoms in total. The Labute approximate surface area is 204 Å². The summed E-state index contributed by atoms with van der Waals surface area (Å²) in [5.74, 6) is 0.876. The molecule has 0 N–H and O–H groups in total. The van der Waals surface area contributed by atoms with Crippen LogP contribution < -0.4 is 4.90 Å². The Bertz CT molecular complexity index is 1250. The number of piperidine rings is 1. The number of nitrogens with zero attached hydrogens (tertiary/aromatic N) is 4. The van der Waals surface area contributed by atoms with E-state index in [0.717, 1.165) is 60.6 Å². The molecule has 2 fully saturated rings. The second-order valence-electron chi connectivity index (χ2n) is 9.70. The number of benzene rings is 2. The molecular formula is C28H28N4O3. The lowest BCUT2D eigenvalue weighted by molar-refractivity contribution is -0.147. The lowest BCUT2D eigenvalue weighted by Gasteiger charge is -2.39. The number of aromatic nitrogens is 2. The summed E-state index contributed by atoms with van der Waals surface area (Å²) in [6.07, 6.45) is 4.71. The highest BCUT2D eigenvalue weighted by Gasteiger charge is 2.46. The van der Waals surface area contributed by atoms with Gasteiger partial charge in [-0.25, -0.2) is 9.97 Å². The maximum atomic E-state index is 13.4. The van der Waals surface area contributed by atoms with E-state index in [-0.39, 0.29) is 17.3 Å². The van der Waals surface area contributed by atoms with Crippen molar-refractivity contribution in [3.05, 3.63) is 77.7 Å². The Morgan fingerprint density at radius 3 is 2.34 bits per heavy atom. The molecule has 0 aliphatic carbocycles. The third-order valence-corrected chi connectivity index (χ3v) is 7.77. The Balaban J connectivity index is 1.19.